The minimum absolute atomic E-state index is 0.195. The zero-order valence-corrected chi connectivity index (χ0v) is 21.8. The summed E-state index contributed by atoms with van der Waals surface area (Å²) >= 11 is 2.86. The Kier molecular flexibility index (Phi) is 8.95. The molecule has 0 unspecified atom stereocenters. The van der Waals surface area contributed by atoms with Crippen molar-refractivity contribution in [2.24, 2.45) is 0 Å². The maximum atomic E-state index is 13.1. The van der Waals surface area contributed by atoms with Crippen LogP contribution in [0.4, 0.5) is 9.18 Å². The third-order valence-electron chi connectivity index (χ3n) is 4.45. The quantitative estimate of drug-likeness (QED) is 0.217. The average Bonchev–Trinajstić information content (AvgIpc) is 3.01. The number of benzene rings is 2. The van der Waals surface area contributed by atoms with Gasteiger partial charge in [0.25, 0.3) is 11.1 Å². The van der Waals surface area contributed by atoms with Crippen LogP contribution in [0.15, 0.2) is 41.3 Å². The van der Waals surface area contributed by atoms with Crippen molar-refractivity contribution in [2.75, 3.05) is 13.2 Å². The van der Waals surface area contributed by atoms with E-state index in [1.54, 1.807) is 44.2 Å². The van der Waals surface area contributed by atoms with Crippen molar-refractivity contribution >= 4 is 57.5 Å². The van der Waals surface area contributed by atoms with E-state index in [2.05, 4.69) is 22.6 Å². The van der Waals surface area contributed by atoms with Crippen molar-refractivity contribution in [2.45, 2.75) is 33.5 Å². The van der Waals surface area contributed by atoms with Crippen LogP contribution in [0.2, 0.25) is 0 Å². The molecule has 180 valence electrons. The lowest BCUT2D eigenvalue weighted by molar-refractivity contribution is -0.149. The monoisotopic (exact) mass is 599 g/mol. The summed E-state index contributed by atoms with van der Waals surface area (Å²) in [6.45, 7) is 5.40. The predicted molar refractivity (Wildman–Crippen MR) is 135 cm³/mol. The highest BCUT2D eigenvalue weighted by atomic mass is 127. The van der Waals surface area contributed by atoms with Crippen LogP contribution in [-0.4, -0.2) is 41.3 Å². The number of esters is 1. The Balaban J connectivity index is 1.80. The van der Waals surface area contributed by atoms with Gasteiger partial charge in [0.15, 0.2) is 11.5 Å². The number of carbonyl (C=O) groups excluding carboxylic acids is 3. The normalized spacial score (nSPS) is 14.8. The van der Waals surface area contributed by atoms with Crippen molar-refractivity contribution in [1.82, 2.24) is 4.90 Å². The van der Waals surface area contributed by atoms with Crippen LogP contribution in [0, 0.1) is 9.39 Å². The van der Waals surface area contributed by atoms with E-state index in [0.29, 0.717) is 23.7 Å². The fourth-order valence-electron chi connectivity index (χ4n) is 3.03. The molecule has 2 amide bonds. The fraction of sp³-hybridized carbons (Fsp3) is 0.292. The molecule has 1 fully saturated rings. The minimum atomic E-state index is -0.644. The third kappa shape index (κ3) is 6.72. The topological polar surface area (TPSA) is 82.1 Å². The second-order valence-electron chi connectivity index (χ2n) is 7.48. The van der Waals surface area contributed by atoms with Crippen LogP contribution >= 0.6 is 34.4 Å². The zero-order chi connectivity index (χ0) is 24.8. The highest BCUT2D eigenvalue weighted by molar-refractivity contribution is 14.1. The number of amides is 2. The van der Waals surface area contributed by atoms with E-state index < -0.39 is 23.7 Å². The molecule has 0 radical (unpaired) electrons. The van der Waals surface area contributed by atoms with E-state index in [9.17, 15) is 18.8 Å². The molecule has 2 aromatic rings. The Morgan fingerprint density at radius 2 is 1.88 bits per heavy atom. The molecule has 1 heterocycles. The van der Waals surface area contributed by atoms with Gasteiger partial charge >= 0.3 is 5.97 Å². The molecule has 0 N–H and O–H groups in total. The number of thioether (sulfide) groups is 1. The molecule has 1 aliphatic heterocycles. The van der Waals surface area contributed by atoms with Crippen molar-refractivity contribution in [3.63, 3.8) is 0 Å². The largest absolute Gasteiger partial charge is 0.490 e. The molecule has 1 saturated heterocycles. The third-order valence-corrected chi connectivity index (χ3v) is 6.16. The maximum absolute atomic E-state index is 13.1. The molecule has 0 saturated carbocycles. The summed E-state index contributed by atoms with van der Waals surface area (Å²) in [6.07, 6.45) is 1.23. The zero-order valence-electron chi connectivity index (χ0n) is 18.8. The predicted octanol–water partition coefficient (Wildman–Crippen LogP) is 5.40. The first-order valence-corrected chi connectivity index (χ1v) is 12.4. The number of imide groups is 1. The Hall–Kier alpha value is -2.60. The molecule has 1 aliphatic rings. The maximum Gasteiger partial charge on any atom is 0.326 e. The molecule has 7 nitrogen and oxygen atoms in total. The fourth-order valence-corrected chi connectivity index (χ4v) is 4.65. The first kappa shape index (κ1) is 26.0. The van der Waals surface area contributed by atoms with E-state index in [-0.39, 0.29) is 23.4 Å². The molecule has 3 rings (SSSR count). The van der Waals surface area contributed by atoms with Gasteiger partial charge in [-0.1, -0.05) is 12.1 Å². The van der Waals surface area contributed by atoms with Crippen LogP contribution in [-0.2, 0) is 20.9 Å². The van der Waals surface area contributed by atoms with Gasteiger partial charge in [-0.15, -0.1) is 0 Å². The summed E-state index contributed by atoms with van der Waals surface area (Å²) < 4.78 is 30.6. The number of halogens is 2. The Bertz CT molecular complexity index is 1120. The second-order valence-corrected chi connectivity index (χ2v) is 9.64. The van der Waals surface area contributed by atoms with Gasteiger partial charge in [0, 0.05) is 0 Å². The van der Waals surface area contributed by atoms with Gasteiger partial charge in [0.05, 0.1) is 21.2 Å². The SMILES string of the molecule is CCOc1cc(/C=C2/SC(=O)N(CC(=O)OC(C)C)C2=O)cc(I)c1OCc1ccc(F)cc1. The molecular weight excluding hydrogens is 576 g/mol. The van der Waals surface area contributed by atoms with E-state index in [4.69, 9.17) is 14.2 Å². The second kappa shape index (κ2) is 11.7. The number of hydrogen-bond acceptors (Lipinski definition) is 7. The summed E-state index contributed by atoms with van der Waals surface area (Å²) in [5.74, 6) is -0.524. The number of carbonyl (C=O) groups is 3. The Morgan fingerprint density at radius 1 is 1.18 bits per heavy atom. The van der Waals surface area contributed by atoms with Crippen LogP contribution in [0.25, 0.3) is 6.08 Å². The molecule has 0 spiro atoms. The molecule has 0 aromatic heterocycles. The summed E-state index contributed by atoms with van der Waals surface area (Å²) in [4.78, 5) is 38.0. The lowest BCUT2D eigenvalue weighted by atomic mass is 10.1. The smallest absolute Gasteiger partial charge is 0.326 e. The van der Waals surface area contributed by atoms with Gasteiger partial charge in [-0.3, -0.25) is 19.3 Å². The van der Waals surface area contributed by atoms with Crippen LogP contribution in [0.5, 0.6) is 11.5 Å². The van der Waals surface area contributed by atoms with Crippen LogP contribution in [0.3, 0.4) is 0 Å². The van der Waals surface area contributed by atoms with Gasteiger partial charge in [-0.05, 0) is 96.6 Å². The van der Waals surface area contributed by atoms with Gasteiger partial charge in [-0.25, -0.2) is 4.39 Å². The van der Waals surface area contributed by atoms with Crippen molar-refractivity contribution < 1.29 is 33.0 Å². The summed E-state index contributed by atoms with van der Waals surface area (Å²) in [5.41, 5.74) is 1.44. The molecule has 2 aromatic carbocycles. The summed E-state index contributed by atoms with van der Waals surface area (Å²) in [6, 6.07) is 9.53. The highest BCUT2D eigenvalue weighted by Crippen LogP contribution is 2.38. The molecule has 0 atom stereocenters. The van der Waals surface area contributed by atoms with Gasteiger partial charge in [0.2, 0.25) is 0 Å². The van der Waals surface area contributed by atoms with Crippen LogP contribution < -0.4 is 9.47 Å². The van der Waals surface area contributed by atoms with E-state index in [1.165, 1.54) is 12.1 Å². The number of rotatable bonds is 9. The molecule has 34 heavy (non-hydrogen) atoms. The minimum Gasteiger partial charge on any atom is -0.490 e. The Morgan fingerprint density at radius 3 is 2.53 bits per heavy atom. The molecule has 10 heteroatoms. The van der Waals surface area contributed by atoms with Gasteiger partial charge in [-0.2, -0.15) is 0 Å². The first-order chi connectivity index (χ1) is 16.2. The number of ether oxygens (including phenoxy) is 3. The van der Waals surface area contributed by atoms with E-state index in [0.717, 1.165) is 25.8 Å². The van der Waals surface area contributed by atoms with Crippen molar-refractivity contribution in [1.29, 1.82) is 0 Å². The lowest BCUT2D eigenvalue weighted by Crippen LogP contribution is -2.35. The standard InChI is InChI=1S/C24H23FINO6S/c1-4-31-19-10-16(9-18(26)22(19)32-13-15-5-7-17(25)8-6-15)11-20-23(29)27(24(30)34-20)12-21(28)33-14(2)3/h5-11,14H,4,12-13H2,1-3H3/b20-11+. The lowest BCUT2D eigenvalue weighted by Gasteiger charge is -2.15. The number of hydrogen-bond donors (Lipinski definition) is 0. The van der Waals surface area contributed by atoms with Crippen molar-refractivity contribution in [3.8, 4) is 11.5 Å². The molecule has 0 aliphatic carbocycles. The Labute approximate surface area is 214 Å². The molecule has 0 bridgehead atoms. The summed E-state index contributed by atoms with van der Waals surface area (Å²) in [7, 11) is 0. The van der Waals surface area contributed by atoms with Gasteiger partial charge in [0.1, 0.15) is 19.0 Å². The highest BCUT2D eigenvalue weighted by Gasteiger charge is 2.36. The van der Waals surface area contributed by atoms with Gasteiger partial charge < -0.3 is 14.2 Å². The summed E-state index contributed by atoms with van der Waals surface area (Å²) in [5, 5.41) is -0.532. The average molecular weight is 599 g/mol. The van der Waals surface area contributed by atoms with E-state index in [1.807, 2.05) is 6.92 Å². The van der Waals surface area contributed by atoms with Crippen molar-refractivity contribution in [3.05, 3.63) is 61.8 Å². The van der Waals surface area contributed by atoms with E-state index >= 15 is 0 Å². The number of nitrogens with zero attached hydrogens (tertiary/aromatic N) is 1. The first-order valence-electron chi connectivity index (χ1n) is 10.5. The molecular formula is C24H23FINO6S. The van der Waals surface area contributed by atoms with Crippen LogP contribution in [0.1, 0.15) is 31.9 Å².